The lowest BCUT2D eigenvalue weighted by Crippen LogP contribution is -2.21. The van der Waals surface area contributed by atoms with Crippen molar-refractivity contribution < 1.29 is 4.92 Å². The van der Waals surface area contributed by atoms with Gasteiger partial charge in [0.25, 0.3) is 11.2 Å². The minimum Gasteiger partial charge on any atom is -0.294 e. The lowest BCUT2D eigenvalue weighted by atomic mass is 9.87. The molecule has 0 saturated carbocycles. The zero-order valence-electron chi connectivity index (χ0n) is 14.4. The predicted molar refractivity (Wildman–Crippen MR) is 96.9 cm³/mol. The highest BCUT2D eigenvalue weighted by Gasteiger charge is 2.14. The monoisotopic (exact) mass is 337 g/mol. The van der Waals surface area contributed by atoms with Gasteiger partial charge in [-0.3, -0.25) is 19.5 Å². The zero-order chi connectivity index (χ0) is 18.2. The van der Waals surface area contributed by atoms with Crippen molar-refractivity contribution >= 4 is 16.6 Å². The topological polar surface area (TPSA) is 78.0 Å². The summed E-state index contributed by atoms with van der Waals surface area (Å²) >= 11 is 0. The molecule has 0 atom stereocenters. The Kier molecular flexibility index (Phi) is 4.12. The van der Waals surface area contributed by atoms with Gasteiger partial charge in [-0.1, -0.05) is 45.0 Å². The first-order chi connectivity index (χ1) is 11.8. The van der Waals surface area contributed by atoms with Crippen molar-refractivity contribution in [1.29, 1.82) is 0 Å². The number of hydrogen-bond acceptors (Lipinski definition) is 4. The summed E-state index contributed by atoms with van der Waals surface area (Å²) in [4.78, 5) is 27.3. The molecule has 3 rings (SSSR count). The van der Waals surface area contributed by atoms with Crippen molar-refractivity contribution in [3.63, 3.8) is 0 Å². The van der Waals surface area contributed by atoms with Crippen LogP contribution in [0.3, 0.4) is 0 Å². The third-order valence-corrected chi connectivity index (χ3v) is 4.19. The van der Waals surface area contributed by atoms with E-state index in [1.54, 1.807) is 0 Å². The van der Waals surface area contributed by atoms with Crippen molar-refractivity contribution in [3.8, 4) is 0 Å². The van der Waals surface area contributed by atoms with Gasteiger partial charge in [0.05, 0.1) is 28.7 Å². The molecule has 0 aliphatic carbocycles. The van der Waals surface area contributed by atoms with Crippen molar-refractivity contribution in [2.75, 3.05) is 0 Å². The van der Waals surface area contributed by atoms with E-state index in [-0.39, 0.29) is 22.0 Å². The van der Waals surface area contributed by atoms with Crippen LogP contribution in [0.25, 0.3) is 10.9 Å². The van der Waals surface area contributed by atoms with Crippen LogP contribution in [-0.4, -0.2) is 14.5 Å². The van der Waals surface area contributed by atoms with E-state index in [0.29, 0.717) is 12.1 Å². The molecule has 25 heavy (non-hydrogen) atoms. The summed E-state index contributed by atoms with van der Waals surface area (Å²) in [5.41, 5.74) is 2.32. The van der Waals surface area contributed by atoms with Crippen LogP contribution >= 0.6 is 0 Å². The Labute approximate surface area is 144 Å². The van der Waals surface area contributed by atoms with Crippen LogP contribution in [0.5, 0.6) is 0 Å². The number of fused-ring (bicyclic) bond motifs is 1. The highest BCUT2D eigenvalue weighted by Crippen LogP contribution is 2.22. The molecule has 0 unspecified atom stereocenters. The van der Waals surface area contributed by atoms with E-state index < -0.39 is 4.92 Å². The Morgan fingerprint density at radius 2 is 1.80 bits per heavy atom. The van der Waals surface area contributed by atoms with Crippen LogP contribution in [0.1, 0.15) is 31.9 Å². The Bertz CT molecular complexity index is 999. The number of aromatic nitrogens is 2. The van der Waals surface area contributed by atoms with Crippen molar-refractivity contribution in [2.45, 2.75) is 32.7 Å². The van der Waals surface area contributed by atoms with Gasteiger partial charge in [-0.2, -0.15) is 0 Å². The highest BCUT2D eigenvalue weighted by molar-refractivity contribution is 5.79. The van der Waals surface area contributed by atoms with Gasteiger partial charge in [0.2, 0.25) is 0 Å². The summed E-state index contributed by atoms with van der Waals surface area (Å²) < 4.78 is 1.47. The second-order valence-corrected chi connectivity index (χ2v) is 7.08. The van der Waals surface area contributed by atoms with Gasteiger partial charge in [-0.25, -0.2) is 4.98 Å². The summed E-state index contributed by atoms with van der Waals surface area (Å²) in [6.07, 6.45) is 1.48. The number of nitrogens with zero attached hydrogens (tertiary/aromatic N) is 3. The van der Waals surface area contributed by atoms with Crippen LogP contribution < -0.4 is 5.56 Å². The lowest BCUT2D eigenvalue weighted by Gasteiger charge is -2.19. The van der Waals surface area contributed by atoms with Gasteiger partial charge in [-0.15, -0.1) is 0 Å². The number of non-ortho nitro benzene ring substituents is 1. The smallest absolute Gasteiger partial charge is 0.270 e. The average Bonchev–Trinajstić information content (AvgIpc) is 2.57. The Balaban J connectivity index is 1.97. The number of benzene rings is 2. The third kappa shape index (κ3) is 3.42. The first-order valence-electron chi connectivity index (χ1n) is 7.99. The fourth-order valence-corrected chi connectivity index (χ4v) is 2.68. The molecule has 1 aromatic heterocycles. The van der Waals surface area contributed by atoms with Crippen LogP contribution in [-0.2, 0) is 12.0 Å². The lowest BCUT2D eigenvalue weighted by molar-refractivity contribution is -0.384. The van der Waals surface area contributed by atoms with Crippen LogP contribution in [0.4, 0.5) is 5.69 Å². The molecular formula is C19H19N3O3. The van der Waals surface area contributed by atoms with E-state index in [9.17, 15) is 14.9 Å². The summed E-state index contributed by atoms with van der Waals surface area (Å²) in [6, 6.07) is 12.2. The average molecular weight is 337 g/mol. The molecule has 6 heteroatoms. The number of nitro groups is 1. The van der Waals surface area contributed by atoms with Gasteiger partial charge in [-0.05, 0) is 22.6 Å². The maximum Gasteiger partial charge on any atom is 0.270 e. The maximum absolute atomic E-state index is 12.6. The Hall–Kier alpha value is -3.02. The summed E-state index contributed by atoms with van der Waals surface area (Å²) in [5.74, 6) is 0. The zero-order valence-corrected chi connectivity index (χ0v) is 14.4. The summed E-state index contributed by atoms with van der Waals surface area (Å²) in [6.45, 7) is 6.81. The van der Waals surface area contributed by atoms with Crippen molar-refractivity contribution in [2.24, 2.45) is 0 Å². The molecule has 0 bridgehead atoms. The number of rotatable bonds is 3. The van der Waals surface area contributed by atoms with Gasteiger partial charge in [0.15, 0.2) is 0 Å². The molecule has 3 aromatic rings. The molecule has 0 radical (unpaired) electrons. The van der Waals surface area contributed by atoms with Gasteiger partial charge < -0.3 is 0 Å². The fourth-order valence-electron chi connectivity index (χ4n) is 2.68. The summed E-state index contributed by atoms with van der Waals surface area (Å²) in [7, 11) is 0. The molecule has 128 valence electrons. The molecule has 0 N–H and O–H groups in total. The molecule has 0 fully saturated rings. The van der Waals surface area contributed by atoms with E-state index in [2.05, 4.69) is 37.9 Å². The van der Waals surface area contributed by atoms with Crippen molar-refractivity contribution in [1.82, 2.24) is 9.55 Å². The molecular weight excluding hydrogens is 318 g/mol. The van der Waals surface area contributed by atoms with Gasteiger partial charge in [0.1, 0.15) is 0 Å². The first-order valence-corrected chi connectivity index (χ1v) is 7.99. The molecule has 1 heterocycles. The summed E-state index contributed by atoms with van der Waals surface area (Å²) in [5, 5.41) is 11.2. The Morgan fingerprint density at radius 1 is 1.12 bits per heavy atom. The minimum atomic E-state index is -0.512. The van der Waals surface area contributed by atoms with Crippen LogP contribution in [0, 0.1) is 10.1 Å². The maximum atomic E-state index is 12.6. The molecule has 0 amide bonds. The first kappa shape index (κ1) is 16.8. The van der Waals surface area contributed by atoms with Crippen molar-refractivity contribution in [3.05, 3.63) is 80.4 Å². The SMILES string of the molecule is CC(C)(C)c1ccc(Cn2cnc3ccc([N+](=O)[O-])cc3c2=O)cc1. The third-order valence-electron chi connectivity index (χ3n) is 4.19. The molecule has 0 spiro atoms. The number of nitro benzene ring substituents is 1. The minimum absolute atomic E-state index is 0.0683. The van der Waals surface area contributed by atoms with Gasteiger partial charge >= 0.3 is 0 Å². The van der Waals surface area contributed by atoms with E-state index in [1.165, 1.54) is 34.7 Å². The number of hydrogen-bond donors (Lipinski definition) is 0. The van der Waals surface area contributed by atoms with E-state index in [1.807, 2.05) is 12.1 Å². The van der Waals surface area contributed by atoms with E-state index in [4.69, 9.17) is 0 Å². The standard InChI is InChI=1S/C19H19N3O3/c1-19(2,3)14-6-4-13(5-7-14)11-21-12-20-17-9-8-15(22(24)25)10-16(17)18(21)23/h4-10,12H,11H2,1-3H3. The molecule has 0 aliphatic heterocycles. The second kappa shape index (κ2) is 6.12. The molecule has 0 saturated heterocycles. The second-order valence-electron chi connectivity index (χ2n) is 7.08. The molecule has 0 aliphatic rings. The normalized spacial score (nSPS) is 11.6. The molecule has 6 nitrogen and oxygen atoms in total. The van der Waals surface area contributed by atoms with E-state index in [0.717, 1.165) is 5.56 Å². The predicted octanol–water partition coefficient (Wildman–Crippen LogP) is 3.65. The van der Waals surface area contributed by atoms with Crippen LogP contribution in [0.15, 0.2) is 53.6 Å². The quantitative estimate of drug-likeness (QED) is 0.540. The van der Waals surface area contributed by atoms with Crippen LogP contribution in [0.2, 0.25) is 0 Å². The van der Waals surface area contributed by atoms with Gasteiger partial charge in [0, 0.05) is 12.1 Å². The van der Waals surface area contributed by atoms with E-state index >= 15 is 0 Å². The Morgan fingerprint density at radius 3 is 2.40 bits per heavy atom. The fraction of sp³-hybridized carbons (Fsp3) is 0.263. The largest absolute Gasteiger partial charge is 0.294 e. The molecule has 2 aromatic carbocycles. The highest BCUT2D eigenvalue weighted by atomic mass is 16.6.